The Morgan fingerprint density at radius 1 is 0.840 bits per heavy atom. The summed E-state index contributed by atoms with van der Waals surface area (Å²) in [6, 6.07) is 11.3. The van der Waals surface area contributed by atoms with Crippen LogP contribution in [0.1, 0.15) is 10.4 Å². The highest BCUT2D eigenvalue weighted by atomic mass is 16.2. The summed E-state index contributed by atoms with van der Waals surface area (Å²) in [5, 5.41) is 8.61. The fourth-order valence-corrected chi connectivity index (χ4v) is 2.93. The number of piperazine rings is 1. The third-order valence-electron chi connectivity index (χ3n) is 4.32. The molecule has 0 unspecified atom stereocenters. The second-order valence-electron chi connectivity index (χ2n) is 5.86. The average molecular weight is 334 g/mol. The van der Waals surface area contributed by atoms with E-state index < -0.39 is 0 Å². The van der Waals surface area contributed by atoms with Gasteiger partial charge in [-0.2, -0.15) is 0 Å². The molecule has 3 aromatic rings. The number of nitrogens with zero attached hydrogens (tertiary/aromatic N) is 6. The molecule has 4 rings (SSSR count). The quantitative estimate of drug-likeness (QED) is 0.728. The zero-order valence-corrected chi connectivity index (χ0v) is 13.7. The first-order valence-electron chi connectivity index (χ1n) is 8.22. The van der Waals surface area contributed by atoms with Crippen LogP contribution >= 0.6 is 0 Å². The molecule has 25 heavy (non-hydrogen) atoms. The zero-order chi connectivity index (χ0) is 17.1. The van der Waals surface area contributed by atoms with Crippen LogP contribution in [-0.4, -0.2) is 56.7 Å². The van der Waals surface area contributed by atoms with Crippen molar-refractivity contribution in [2.24, 2.45) is 0 Å². The summed E-state index contributed by atoms with van der Waals surface area (Å²) >= 11 is 0. The lowest BCUT2D eigenvalue weighted by molar-refractivity contribution is 0.0746. The summed E-state index contributed by atoms with van der Waals surface area (Å²) in [5.41, 5.74) is 0.680. The molecule has 0 aliphatic carbocycles. The normalized spacial score (nSPS) is 14.6. The van der Waals surface area contributed by atoms with Gasteiger partial charge in [-0.3, -0.25) is 9.78 Å². The van der Waals surface area contributed by atoms with Crippen molar-refractivity contribution < 1.29 is 4.79 Å². The van der Waals surface area contributed by atoms with Crippen LogP contribution in [0, 0.1) is 0 Å². The molecule has 0 bridgehead atoms. The second kappa shape index (κ2) is 6.72. The predicted octanol–water partition coefficient (Wildman–Crippen LogP) is 1.62. The molecule has 1 amide bonds. The number of hydrogen-bond donors (Lipinski definition) is 0. The van der Waals surface area contributed by atoms with Gasteiger partial charge in [-0.25, -0.2) is 0 Å². The molecule has 1 saturated heterocycles. The Morgan fingerprint density at radius 2 is 1.48 bits per heavy atom. The van der Waals surface area contributed by atoms with Crippen LogP contribution in [0.15, 0.2) is 61.2 Å². The van der Waals surface area contributed by atoms with Gasteiger partial charge < -0.3 is 14.4 Å². The molecule has 3 aromatic heterocycles. The van der Waals surface area contributed by atoms with E-state index in [1.807, 2.05) is 46.1 Å². The summed E-state index contributed by atoms with van der Waals surface area (Å²) in [5.74, 6) is 1.68. The first-order chi connectivity index (χ1) is 12.3. The lowest BCUT2D eigenvalue weighted by atomic mass is 10.2. The Morgan fingerprint density at radius 3 is 2.12 bits per heavy atom. The number of carbonyl (C=O) groups excluding carboxylic acids is 1. The summed E-state index contributed by atoms with van der Waals surface area (Å²) in [6.07, 6.45) is 7.16. The van der Waals surface area contributed by atoms with Gasteiger partial charge in [0, 0.05) is 56.5 Å². The van der Waals surface area contributed by atoms with E-state index in [-0.39, 0.29) is 5.91 Å². The first kappa shape index (κ1) is 15.3. The van der Waals surface area contributed by atoms with Crippen LogP contribution in [0.5, 0.6) is 0 Å². The fraction of sp³-hybridized carbons (Fsp3) is 0.222. The van der Waals surface area contributed by atoms with Crippen molar-refractivity contribution in [3.05, 3.63) is 66.7 Å². The molecule has 7 nitrogen and oxygen atoms in total. The van der Waals surface area contributed by atoms with Crippen LogP contribution in [-0.2, 0) is 0 Å². The molecule has 0 spiro atoms. The molecule has 0 N–H and O–H groups in total. The van der Waals surface area contributed by atoms with Gasteiger partial charge in [0.25, 0.3) is 5.91 Å². The second-order valence-corrected chi connectivity index (χ2v) is 5.86. The van der Waals surface area contributed by atoms with E-state index >= 15 is 0 Å². The molecule has 1 fully saturated rings. The van der Waals surface area contributed by atoms with Crippen molar-refractivity contribution in [1.29, 1.82) is 0 Å². The van der Waals surface area contributed by atoms with Gasteiger partial charge in [0.15, 0.2) is 11.6 Å². The van der Waals surface area contributed by atoms with E-state index in [4.69, 9.17) is 0 Å². The van der Waals surface area contributed by atoms with Crippen molar-refractivity contribution in [2.75, 3.05) is 31.1 Å². The van der Waals surface area contributed by atoms with Crippen LogP contribution < -0.4 is 4.90 Å². The maximum absolute atomic E-state index is 12.5. The number of amides is 1. The highest BCUT2D eigenvalue weighted by Crippen LogP contribution is 2.15. The molecular formula is C18H18N6O. The van der Waals surface area contributed by atoms with Gasteiger partial charge in [0.1, 0.15) is 0 Å². The standard InChI is InChI=1S/C18H18N6O/c25-18(15-5-7-19-8-6-15)24-13-11-23(12-14-24)17-4-3-16(20-21-17)22-9-1-2-10-22/h1-10H,11-14H2. The van der Waals surface area contributed by atoms with Crippen LogP contribution in [0.25, 0.3) is 5.82 Å². The van der Waals surface area contributed by atoms with Gasteiger partial charge in [-0.15, -0.1) is 10.2 Å². The van der Waals surface area contributed by atoms with Gasteiger partial charge in [0.2, 0.25) is 0 Å². The molecule has 0 aromatic carbocycles. The monoisotopic (exact) mass is 334 g/mol. The highest BCUT2D eigenvalue weighted by molar-refractivity contribution is 5.94. The van der Waals surface area contributed by atoms with Crippen molar-refractivity contribution >= 4 is 11.7 Å². The predicted molar refractivity (Wildman–Crippen MR) is 93.7 cm³/mol. The van der Waals surface area contributed by atoms with E-state index in [2.05, 4.69) is 20.1 Å². The van der Waals surface area contributed by atoms with Crippen molar-refractivity contribution in [3.8, 4) is 5.82 Å². The molecule has 4 heterocycles. The van der Waals surface area contributed by atoms with Crippen molar-refractivity contribution in [3.63, 3.8) is 0 Å². The third-order valence-corrected chi connectivity index (χ3v) is 4.32. The summed E-state index contributed by atoms with van der Waals surface area (Å²) in [7, 11) is 0. The van der Waals surface area contributed by atoms with Crippen LogP contribution in [0.2, 0.25) is 0 Å². The van der Waals surface area contributed by atoms with Crippen LogP contribution in [0.4, 0.5) is 5.82 Å². The maximum Gasteiger partial charge on any atom is 0.254 e. The fourth-order valence-electron chi connectivity index (χ4n) is 2.93. The van der Waals surface area contributed by atoms with Crippen molar-refractivity contribution in [1.82, 2.24) is 24.6 Å². The van der Waals surface area contributed by atoms with Gasteiger partial charge in [0.05, 0.1) is 0 Å². The molecule has 126 valence electrons. The molecular weight excluding hydrogens is 316 g/mol. The summed E-state index contributed by atoms with van der Waals surface area (Å²) in [4.78, 5) is 20.4. The Hall–Kier alpha value is -3.22. The number of rotatable bonds is 3. The highest BCUT2D eigenvalue weighted by Gasteiger charge is 2.23. The number of carbonyl (C=O) groups is 1. The average Bonchev–Trinajstić information content (AvgIpc) is 3.23. The maximum atomic E-state index is 12.5. The molecule has 0 saturated carbocycles. The molecule has 0 atom stereocenters. The van der Waals surface area contributed by atoms with E-state index in [0.717, 1.165) is 24.7 Å². The third kappa shape index (κ3) is 3.21. The minimum absolute atomic E-state index is 0.0519. The van der Waals surface area contributed by atoms with E-state index in [0.29, 0.717) is 18.7 Å². The van der Waals surface area contributed by atoms with Gasteiger partial charge in [-0.05, 0) is 36.4 Å². The first-order valence-corrected chi connectivity index (χ1v) is 8.22. The molecule has 7 heteroatoms. The Labute approximate surface area is 145 Å². The van der Waals surface area contributed by atoms with E-state index in [1.165, 1.54) is 0 Å². The molecule has 1 aliphatic heterocycles. The Kier molecular flexibility index (Phi) is 4.12. The number of aromatic nitrogens is 4. The van der Waals surface area contributed by atoms with Gasteiger partial charge in [-0.1, -0.05) is 0 Å². The largest absolute Gasteiger partial charge is 0.352 e. The van der Waals surface area contributed by atoms with E-state index in [9.17, 15) is 4.79 Å². The van der Waals surface area contributed by atoms with E-state index in [1.54, 1.807) is 24.5 Å². The Balaban J connectivity index is 1.39. The van der Waals surface area contributed by atoms with Crippen molar-refractivity contribution in [2.45, 2.75) is 0 Å². The topological polar surface area (TPSA) is 67.2 Å². The molecule has 0 radical (unpaired) electrons. The van der Waals surface area contributed by atoms with Gasteiger partial charge >= 0.3 is 0 Å². The number of anilines is 1. The summed E-state index contributed by atoms with van der Waals surface area (Å²) < 4.78 is 1.92. The smallest absolute Gasteiger partial charge is 0.254 e. The molecule has 1 aliphatic rings. The minimum Gasteiger partial charge on any atom is -0.352 e. The van der Waals surface area contributed by atoms with Crippen LogP contribution in [0.3, 0.4) is 0 Å². The number of pyridine rings is 1. The summed E-state index contributed by atoms with van der Waals surface area (Å²) in [6.45, 7) is 2.83. The Bertz CT molecular complexity index is 824. The minimum atomic E-state index is 0.0519. The lowest BCUT2D eigenvalue weighted by Gasteiger charge is -2.35. The SMILES string of the molecule is O=C(c1ccncc1)N1CCN(c2ccc(-n3cccc3)nn2)CC1. The number of hydrogen-bond acceptors (Lipinski definition) is 5. The lowest BCUT2D eigenvalue weighted by Crippen LogP contribution is -2.49. The zero-order valence-electron chi connectivity index (χ0n) is 13.7.